The van der Waals surface area contributed by atoms with E-state index < -0.39 is 10.0 Å². The molecule has 2 aliphatic heterocycles. The van der Waals surface area contributed by atoms with Crippen molar-refractivity contribution in [3.8, 4) is 0 Å². The molecule has 2 unspecified atom stereocenters. The summed E-state index contributed by atoms with van der Waals surface area (Å²) in [6.07, 6.45) is 3.61. The first-order chi connectivity index (χ1) is 13.8. The Morgan fingerprint density at radius 2 is 1.79 bits per heavy atom. The molecule has 2 aromatic rings. The highest BCUT2D eigenvalue weighted by atomic mass is 32.2. The van der Waals surface area contributed by atoms with E-state index >= 15 is 0 Å². The molecule has 5 nitrogen and oxygen atoms in total. The van der Waals surface area contributed by atoms with Crippen LogP contribution in [0.2, 0.25) is 0 Å². The molecule has 0 saturated carbocycles. The Morgan fingerprint density at radius 1 is 1.03 bits per heavy atom. The maximum Gasteiger partial charge on any atom is 0.258 e. The van der Waals surface area contributed by atoms with Gasteiger partial charge in [-0.25, -0.2) is 8.42 Å². The van der Waals surface area contributed by atoms with Crippen molar-refractivity contribution in [1.82, 2.24) is 4.31 Å². The third-order valence-corrected chi connectivity index (χ3v) is 8.22. The molecule has 0 aromatic heterocycles. The Kier molecular flexibility index (Phi) is 5.25. The maximum absolute atomic E-state index is 13.5. The van der Waals surface area contributed by atoms with Gasteiger partial charge in [0.25, 0.3) is 5.91 Å². The first kappa shape index (κ1) is 20.1. The first-order valence-electron chi connectivity index (χ1n) is 10.3. The normalized spacial score (nSPS) is 22.5. The minimum Gasteiger partial charge on any atom is -0.305 e. The Balaban J connectivity index is 1.72. The second kappa shape index (κ2) is 7.58. The fraction of sp³-hybridized carbons (Fsp3) is 0.435. The van der Waals surface area contributed by atoms with Crippen molar-refractivity contribution >= 4 is 21.6 Å². The molecule has 2 atom stereocenters. The highest BCUT2D eigenvalue weighted by Crippen LogP contribution is 2.34. The molecule has 6 heteroatoms. The Bertz CT molecular complexity index is 1050. The van der Waals surface area contributed by atoms with E-state index in [1.54, 1.807) is 27.4 Å². The number of hydrogen-bond acceptors (Lipinski definition) is 3. The number of hydrogen-bond donors (Lipinski definition) is 0. The smallest absolute Gasteiger partial charge is 0.258 e. The van der Waals surface area contributed by atoms with Crippen molar-refractivity contribution in [2.45, 2.75) is 63.4 Å². The number of piperidine rings is 1. The highest BCUT2D eigenvalue weighted by Gasteiger charge is 2.34. The lowest BCUT2D eigenvalue weighted by atomic mass is 10.1. The summed E-state index contributed by atoms with van der Waals surface area (Å²) >= 11 is 0. The summed E-state index contributed by atoms with van der Waals surface area (Å²) in [6.45, 7) is 6.39. The molecule has 2 aliphatic rings. The van der Waals surface area contributed by atoms with Crippen molar-refractivity contribution in [3.05, 3.63) is 59.2 Å². The molecule has 2 heterocycles. The number of anilines is 1. The van der Waals surface area contributed by atoms with Gasteiger partial charge in [0.05, 0.1) is 4.90 Å². The van der Waals surface area contributed by atoms with Gasteiger partial charge >= 0.3 is 0 Å². The molecule has 0 spiro atoms. The largest absolute Gasteiger partial charge is 0.305 e. The first-order valence-corrected chi connectivity index (χ1v) is 11.8. The molecule has 1 saturated heterocycles. The van der Waals surface area contributed by atoms with E-state index in [9.17, 15) is 13.2 Å². The third-order valence-electron chi connectivity index (χ3n) is 6.21. The second-order valence-electron chi connectivity index (χ2n) is 8.29. The van der Waals surface area contributed by atoms with Crippen molar-refractivity contribution in [1.29, 1.82) is 0 Å². The van der Waals surface area contributed by atoms with Crippen LogP contribution in [0.15, 0.2) is 47.4 Å². The summed E-state index contributed by atoms with van der Waals surface area (Å²) in [7, 11) is -3.62. The summed E-state index contributed by atoms with van der Waals surface area (Å²) in [4.78, 5) is 15.5. The van der Waals surface area contributed by atoms with Crippen LogP contribution in [0, 0.1) is 6.92 Å². The summed E-state index contributed by atoms with van der Waals surface area (Å²) in [6, 6.07) is 12.9. The maximum atomic E-state index is 13.5. The highest BCUT2D eigenvalue weighted by molar-refractivity contribution is 7.89. The van der Waals surface area contributed by atoms with E-state index in [1.807, 2.05) is 45.0 Å². The molecule has 4 rings (SSSR count). The lowest BCUT2D eigenvalue weighted by molar-refractivity contribution is 0.0980. The van der Waals surface area contributed by atoms with Crippen LogP contribution in [0.3, 0.4) is 0 Å². The molecule has 1 fully saturated rings. The zero-order chi connectivity index (χ0) is 20.8. The van der Waals surface area contributed by atoms with Gasteiger partial charge in [0.1, 0.15) is 0 Å². The number of nitrogens with zero attached hydrogens (tertiary/aromatic N) is 2. The minimum absolute atomic E-state index is 0.0142. The van der Waals surface area contributed by atoms with Crippen molar-refractivity contribution < 1.29 is 13.2 Å². The average Bonchev–Trinajstić information content (AvgIpc) is 3.03. The zero-order valence-electron chi connectivity index (χ0n) is 17.3. The van der Waals surface area contributed by atoms with Gasteiger partial charge in [-0.3, -0.25) is 4.79 Å². The van der Waals surface area contributed by atoms with Gasteiger partial charge in [-0.15, -0.1) is 0 Å². The van der Waals surface area contributed by atoms with Gasteiger partial charge in [0.15, 0.2) is 0 Å². The quantitative estimate of drug-likeness (QED) is 0.761. The average molecular weight is 413 g/mol. The lowest BCUT2D eigenvalue weighted by Gasteiger charge is -2.32. The predicted octanol–water partition coefficient (Wildman–Crippen LogP) is 4.15. The number of sulfonamides is 1. The molecule has 29 heavy (non-hydrogen) atoms. The van der Waals surface area contributed by atoms with Gasteiger partial charge in [0, 0.05) is 29.9 Å². The van der Waals surface area contributed by atoms with Gasteiger partial charge in [-0.2, -0.15) is 4.31 Å². The molecule has 0 radical (unpaired) electrons. The van der Waals surface area contributed by atoms with E-state index in [1.165, 1.54) is 0 Å². The van der Waals surface area contributed by atoms with E-state index in [2.05, 4.69) is 0 Å². The molecule has 1 amide bonds. The van der Waals surface area contributed by atoms with Crippen molar-refractivity contribution in [2.75, 3.05) is 11.4 Å². The van der Waals surface area contributed by atoms with Crippen LogP contribution >= 0.6 is 0 Å². The minimum atomic E-state index is -3.62. The van der Waals surface area contributed by atoms with E-state index in [0.717, 1.165) is 42.5 Å². The van der Waals surface area contributed by atoms with Crippen LogP contribution in [-0.2, 0) is 16.4 Å². The van der Waals surface area contributed by atoms with Crippen molar-refractivity contribution in [2.24, 2.45) is 0 Å². The van der Waals surface area contributed by atoms with Crippen LogP contribution in [0.4, 0.5) is 5.69 Å². The summed E-state index contributed by atoms with van der Waals surface area (Å²) < 4.78 is 28.1. The standard InChI is InChI=1S/C23H28N2O3S/c1-16-11-12-20(29(27,28)24-13-7-6-8-17(24)2)15-21(16)23(26)25-18(3)14-19-9-4-5-10-22(19)25/h4-5,9-12,15,17-18H,6-8,13-14H2,1-3H3. The molecule has 0 aliphatic carbocycles. The molecule has 0 N–H and O–H groups in total. The fourth-order valence-corrected chi connectivity index (χ4v) is 6.29. The Labute approximate surface area is 173 Å². The Hall–Kier alpha value is -2.18. The number of rotatable bonds is 3. The lowest BCUT2D eigenvalue weighted by Crippen LogP contribution is -2.42. The topological polar surface area (TPSA) is 57.7 Å². The Morgan fingerprint density at radius 3 is 2.55 bits per heavy atom. The van der Waals surface area contributed by atoms with Gasteiger partial charge in [-0.1, -0.05) is 30.7 Å². The summed E-state index contributed by atoms with van der Waals surface area (Å²) in [5.41, 5.74) is 3.32. The second-order valence-corrected chi connectivity index (χ2v) is 10.2. The monoisotopic (exact) mass is 412 g/mol. The van der Waals surface area contributed by atoms with Gasteiger partial charge < -0.3 is 4.90 Å². The van der Waals surface area contributed by atoms with E-state index in [0.29, 0.717) is 12.1 Å². The van der Waals surface area contributed by atoms with Crippen LogP contribution in [-0.4, -0.2) is 37.3 Å². The summed E-state index contributed by atoms with van der Waals surface area (Å²) in [5.74, 6) is -0.135. The van der Waals surface area contributed by atoms with E-state index in [-0.39, 0.29) is 22.9 Å². The predicted molar refractivity (Wildman–Crippen MR) is 115 cm³/mol. The molecule has 0 bridgehead atoms. The summed E-state index contributed by atoms with van der Waals surface area (Å²) in [5, 5.41) is 0. The van der Waals surface area contributed by atoms with Gasteiger partial charge in [0.2, 0.25) is 10.0 Å². The fourth-order valence-electron chi connectivity index (χ4n) is 4.56. The molecule has 2 aromatic carbocycles. The van der Waals surface area contributed by atoms with Crippen LogP contribution in [0.5, 0.6) is 0 Å². The SMILES string of the molecule is Cc1ccc(S(=O)(=O)N2CCCCC2C)cc1C(=O)N1c2ccccc2CC1C. The number of aryl methyl sites for hydroxylation is 1. The van der Waals surface area contributed by atoms with Crippen LogP contribution in [0.25, 0.3) is 0 Å². The van der Waals surface area contributed by atoms with E-state index in [4.69, 9.17) is 0 Å². The third kappa shape index (κ3) is 3.49. The number of amides is 1. The van der Waals surface area contributed by atoms with Crippen LogP contribution in [0.1, 0.15) is 54.6 Å². The number of benzene rings is 2. The molecule has 154 valence electrons. The zero-order valence-corrected chi connectivity index (χ0v) is 18.1. The van der Waals surface area contributed by atoms with Gasteiger partial charge in [-0.05, 0) is 69.4 Å². The number of carbonyl (C=O) groups excluding carboxylic acids is 1. The molecular formula is C23H28N2O3S. The molecular weight excluding hydrogens is 384 g/mol. The number of fused-ring (bicyclic) bond motifs is 1. The number of carbonyl (C=O) groups is 1. The van der Waals surface area contributed by atoms with Crippen molar-refractivity contribution in [3.63, 3.8) is 0 Å². The van der Waals surface area contributed by atoms with Crippen LogP contribution < -0.4 is 4.90 Å². The number of para-hydroxylation sites is 1.